The van der Waals surface area contributed by atoms with Gasteiger partial charge < -0.3 is 15.3 Å². The van der Waals surface area contributed by atoms with Crippen LogP contribution in [0.25, 0.3) is 0 Å². The van der Waals surface area contributed by atoms with Crippen LogP contribution in [0, 0.1) is 5.41 Å². The van der Waals surface area contributed by atoms with Crippen molar-refractivity contribution in [2.75, 3.05) is 20.7 Å². The fourth-order valence-corrected chi connectivity index (χ4v) is 2.85. The first kappa shape index (κ1) is 20.5. The number of rotatable bonds is 7. The molecule has 0 radical (unpaired) electrons. The number of nitrogens with zero attached hydrogens (tertiary/aromatic N) is 1. The number of sulfonamides is 1. The molecule has 1 aromatic rings. The second kappa shape index (κ2) is 8.04. The maximum Gasteiger partial charge on any atom is 0.338 e. The van der Waals surface area contributed by atoms with Gasteiger partial charge in [0.2, 0.25) is 10.0 Å². The van der Waals surface area contributed by atoms with Gasteiger partial charge >= 0.3 is 5.97 Å². The van der Waals surface area contributed by atoms with E-state index in [4.69, 9.17) is 10.1 Å². The van der Waals surface area contributed by atoms with Crippen LogP contribution in [0.1, 0.15) is 24.2 Å². The van der Waals surface area contributed by atoms with Crippen molar-refractivity contribution >= 4 is 27.5 Å². The molecule has 0 atom stereocenters. The normalized spacial score (nSPS) is 12.5. The number of allylic oxidation sites excluding steroid dienone is 1. The molecule has 0 aliphatic heterocycles. The molecule has 8 nitrogen and oxygen atoms in total. The van der Waals surface area contributed by atoms with Crippen LogP contribution < -0.4 is 0 Å². The third-order valence-electron chi connectivity index (χ3n) is 3.22. The lowest BCUT2D eigenvalue weighted by Crippen LogP contribution is -2.22. The molecule has 0 amide bonds. The zero-order valence-electron chi connectivity index (χ0n) is 14.4. The number of hydrogen-bond acceptors (Lipinski definition) is 7. The number of aliphatic hydroxyl groups is 1. The quantitative estimate of drug-likeness (QED) is 0.325. The summed E-state index contributed by atoms with van der Waals surface area (Å²) in [4.78, 5) is 23.3. The van der Waals surface area contributed by atoms with E-state index in [9.17, 15) is 23.1 Å². The molecule has 136 valence electrons. The predicted molar refractivity (Wildman–Crippen MR) is 91.3 cm³/mol. The molecule has 25 heavy (non-hydrogen) atoms. The van der Waals surface area contributed by atoms with Gasteiger partial charge in [-0.05, 0) is 38.1 Å². The maximum absolute atomic E-state index is 12.0. The zero-order chi connectivity index (χ0) is 19.4. The SMILES string of the molecule is CC(=N)/C(C(C)=O)=C(/O)COC(=O)c1ccc(S(=O)(=O)N(C)C)cc1. The Morgan fingerprint density at radius 1 is 1.16 bits per heavy atom. The predicted octanol–water partition coefficient (Wildman–Crippen LogP) is 1.53. The largest absolute Gasteiger partial charge is 0.508 e. The van der Waals surface area contributed by atoms with E-state index in [1.165, 1.54) is 52.2 Å². The van der Waals surface area contributed by atoms with Crippen LogP contribution in [0.15, 0.2) is 40.5 Å². The van der Waals surface area contributed by atoms with Gasteiger partial charge in [0.1, 0.15) is 12.4 Å². The molecule has 0 bridgehead atoms. The number of hydrogen-bond donors (Lipinski definition) is 2. The Balaban J connectivity index is 2.91. The molecular formula is C16H20N2O6S. The van der Waals surface area contributed by atoms with Crippen molar-refractivity contribution in [2.24, 2.45) is 0 Å². The minimum absolute atomic E-state index is 0.0232. The summed E-state index contributed by atoms with van der Waals surface area (Å²) in [6.07, 6.45) is 0. The summed E-state index contributed by atoms with van der Waals surface area (Å²) in [5.74, 6) is -1.83. The van der Waals surface area contributed by atoms with E-state index in [-0.39, 0.29) is 21.7 Å². The molecule has 0 heterocycles. The average Bonchev–Trinajstić information content (AvgIpc) is 2.51. The Kier molecular flexibility index (Phi) is 6.60. The molecule has 0 unspecified atom stereocenters. The van der Waals surface area contributed by atoms with Gasteiger partial charge in [0.05, 0.1) is 16.0 Å². The van der Waals surface area contributed by atoms with Crippen molar-refractivity contribution < 1.29 is 27.9 Å². The summed E-state index contributed by atoms with van der Waals surface area (Å²) >= 11 is 0. The summed E-state index contributed by atoms with van der Waals surface area (Å²) in [6, 6.07) is 5.11. The van der Waals surface area contributed by atoms with Crippen molar-refractivity contribution in [1.82, 2.24) is 4.31 Å². The number of Topliss-reactive ketones (excluding diaryl/α,β-unsaturated/α-hetero) is 1. The minimum atomic E-state index is -3.60. The lowest BCUT2D eigenvalue weighted by molar-refractivity contribution is -0.113. The van der Waals surface area contributed by atoms with Crippen LogP contribution in [-0.4, -0.2) is 56.0 Å². The van der Waals surface area contributed by atoms with Crippen LogP contribution in [0.2, 0.25) is 0 Å². The van der Waals surface area contributed by atoms with Crippen molar-refractivity contribution in [3.05, 3.63) is 41.2 Å². The van der Waals surface area contributed by atoms with Crippen LogP contribution in [0.5, 0.6) is 0 Å². The second-order valence-corrected chi connectivity index (χ2v) is 7.54. The van der Waals surface area contributed by atoms with Crippen molar-refractivity contribution in [3.8, 4) is 0 Å². The molecule has 0 aliphatic rings. The Labute approximate surface area is 146 Å². The molecule has 0 spiro atoms. The molecule has 0 saturated heterocycles. The number of carbonyl (C=O) groups is 2. The van der Waals surface area contributed by atoms with Crippen LogP contribution in [-0.2, 0) is 19.6 Å². The number of carbonyl (C=O) groups excluding carboxylic acids is 2. The van der Waals surface area contributed by atoms with Gasteiger partial charge in [-0.15, -0.1) is 0 Å². The fourth-order valence-electron chi connectivity index (χ4n) is 1.95. The van der Waals surface area contributed by atoms with Gasteiger partial charge in [-0.2, -0.15) is 0 Å². The molecule has 0 aromatic heterocycles. The van der Waals surface area contributed by atoms with Gasteiger partial charge in [-0.1, -0.05) is 0 Å². The molecular weight excluding hydrogens is 348 g/mol. The van der Waals surface area contributed by atoms with Crippen LogP contribution in [0.3, 0.4) is 0 Å². The first-order chi connectivity index (χ1) is 11.5. The van der Waals surface area contributed by atoms with E-state index < -0.39 is 34.1 Å². The molecule has 0 saturated carbocycles. The standard InChI is InChI=1S/C16H20N2O6S/c1-10(17)15(11(2)19)14(20)9-24-16(21)12-5-7-13(8-6-12)25(22,23)18(3)4/h5-8,17,20H,9H2,1-4H3/b15-14-,17-10?. The number of ether oxygens (including phenoxy) is 1. The lowest BCUT2D eigenvalue weighted by Gasteiger charge is -2.11. The Bertz CT molecular complexity index is 807. The summed E-state index contributed by atoms with van der Waals surface area (Å²) in [5, 5.41) is 17.3. The molecule has 1 aromatic carbocycles. The Hall–Kier alpha value is -2.52. The molecule has 0 fully saturated rings. The second-order valence-electron chi connectivity index (χ2n) is 5.39. The van der Waals surface area contributed by atoms with E-state index in [0.29, 0.717) is 0 Å². The van der Waals surface area contributed by atoms with Gasteiger partial charge in [0.15, 0.2) is 5.78 Å². The van der Waals surface area contributed by atoms with Gasteiger partial charge in [0.25, 0.3) is 0 Å². The topological polar surface area (TPSA) is 125 Å². The third kappa shape index (κ3) is 4.97. The minimum Gasteiger partial charge on any atom is -0.508 e. The van der Waals surface area contributed by atoms with E-state index in [1.807, 2.05) is 0 Å². The van der Waals surface area contributed by atoms with E-state index in [0.717, 1.165) is 4.31 Å². The van der Waals surface area contributed by atoms with Crippen molar-refractivity contribution in [1.29, 1.82) is 5.41 Å². The van der Waals surface area contributed by atoms with E-state index in [2.05, 4.69) is 0 Å². The Morgan fingerprint density at radius 3 is 2.08 bits per heavy atom. The first-order valence-corrected chi connectivity index (χ1v) is 8.60. The van der Waals surface area contributed by atoms with E-state index in [1.54, 1.807) is 0 Å². The number of aliphatic hydroxyl groups excluding tert-OH is 1. The molecule has 1 rings (SSSR count). The smallest absolute Gasteiger partial charge is 0.338 e. The zero-order valence-corrected chi connectivity index (χ0v) is 15.2. The van der Waals surface area contributed by atoms with E-state index >= 15 is 0 Å². The van der Waals surface area contributed by atoms with Crippen molar-refractivity contribution in [3.63, 3.8) is 0 Å². The van der Waals surface area contributed by atoms with Crippen LogP contribution >= 0.6 is 0 Å². The number of nitrogens with one attached hydrogen (secondary N) is 1. The van der Waals surface area contributed by atoms with Crippen molar-refractivity contribution in [2.45, 2.75) is 18.7 Å². The van der Waals surface area contributed by atoms with Crippen LogP contribution in [0.4, 0.5) is 0 Å². The summed E-state index contributed by atoms with van der Waals surface area (Å²) in [5.41, 5.74) is -0.263. The number of benzene rings is 1. The Morgan fingerprint density at radius 2 is 1.68 bits per heavy atom. The highest BCUT2D eigenvalue weighted by Crippen LogP contribution is 2.15. The third-order valence-corrected chi connectivity index (χ3v) is 5.05. The average molecular weight is 368 g/mol. The highest BCUT2D eigenvalue weighted by molar-refractivity contribution is 7.89. The van der Waals surface area contributed by atoms with Gasteiger partial charge in [0, 0.05) is 19.8 Å². The van der Waals surface area contributed by atoms with Gasteiger partial charge in [-0.25, -0.2) is 17.5 Å². The molecule has 9 heteroatoms. The number of esters is 1. The lowest BCUT2D eigenvalue weighted by atomic mass is 10.1. The highest BCUT2D eigenvalue weighted by atomic mass is 32.2. The number of ketones is 1. The fraction of sp³-hybridized carbons (Fsp3) is 0.312. The monoisotopic (exact) mass is 368 g/mol. The highest BCUT2D eigenvalue weighted by Gasteiger charge is 2.19. The summed E-state index contributed by atoms with van der Waals surface area (Å²) in [7, 11) is -0.816. The summed E-state index contributed by atoms with van der Waals surface area (Å²) < 4.78 is 29.8. The van der Waals surface area contributed by atoms with Gasteiger partial charge in [-0.3, -0.25) is 4.79 Å². The first-order valence-electron chi connectivity index (χ1n) is 7.16. The molecule has 0 aliphatic carbocycles. The maximum atomic E-state index is 12.0. The molecule has 2 N–H and O–H groups in total. The summed E-state index contributed by atoms with van der Waals surface area (Å²) in [6.45, 7) is 1.95.